The number of para-hydroxylation sites is 2. The summed E-state index contributed by atoms with van der Waals surface area (Å²) in [5.41, 5.74) is 5.94. The van der Waals surface area contributed by atoms with E-state index in [1.807, 2.05) is 0 Å². The summed E-state index contributed by atoms with van der Waals surface area (Å²) in [5.74, 6) is 0.324. The van der Waals surface area contributed by atoms with Crippen LogP contribution in [-0.2, 0) is 20.4 Å². The summed E-state index contributed by atoms with van der Waals surface area (Å²) in [4.78, 5) is 34.3. The van der Waals surface area contributed by atoms with E-state index in [9.17, 15) is 9.59 Å². The van der Waals surface area contributed by atoms with Gasteiger partial charge < -0.3 is 4.90 Å². The molecule has 0 aromatic heterocycles. The summed E-state index contributed by atoms with van der Waals surface area (Å²) in [7, 11) is 4.11. The standard InChI is InChI=1S/C46H63N4O2/c1-43(2)27-18-28-44(3,4)48(43)34-26-40-46(31-15-8-16-32-46)36-20-10-12-22-38(36)50(40)42(52)24-17-23-41(51)49-37-21-11-9-19-35(37)45(29-13-7-14-30-45)39(49)25-33-47(5)6/h9-12,19-22,25-26,33-34,39H,7-8,13-18,23-24,27-32H2,1-6H3/q+1/p+1/b33-25+. The zero-order valence-corrected chi connectivity index (χ0v) is 33.0. The van der Waals surface area contributed by atoms with Gasteiger partial charge >= 0.3 is 5.91 Å². The van der Waals surface area contributed by atoms with Crippen LogP contribution in [0.1, 0.15) is 142 Å². The maximum Gasteiger partial charge on any atom is 0.317 e. The Morgan fingerprint density at radius 2 is 1.40 bits per heavy atom. The molecule has 2 amide bonds. The van der Waals surface area contributed by atoms with Gasteiger partial charge in [-0.1, -0.05) is 74.9 Å². The third-order valence-electron chi connectivity index (χ3n) is 13.7. The Balaban J connectivity index is 1.17. The molecule has 3 aliphatic heterocycles. The zero-order valence-electron chi connectivity index (χ0n) is 33.0. The average Bonchev–Trinajstić information content (AvgIpc) is 3.53. The number of amides is 2. The molecule has 1 saturated heterocycles. The number of hydrogen-bond acceptors (Lipinski definition) is 3. The number of quaternary nitrogens is 1. The van der Waals surface area contributed by atoms with Crippen LogP contribution in [0.25, 0.3) is 0 Å². The van der Waals surface area contributed by atoms with E-state index in [1.54, 1.807) is 0 Å². The van der Waals surface area contributed by atoms with Crippen LogP contribution < -0.4 is 9.80 Å². The predicted molar refractivity (Wildman–Crippen MR) is 212 cm³/mol. The van der Waals surface area contributed by atoms with Gasteiger partial charge in [0, 0.05) is 62.3 Å². The molecule has 6 heteroatoms. The summed E-state index contributed by atoms with van der Waals surface area (Å²) in [5, 5.41) is 0. The molecule has 2 aromatic carbocycles. The molecule has 5 aliphatic rings. The Labute approximate surface area is 313 Å². The highest BCUT2D eigenvalue weighted by Gasteiger charge is 2.56. The molecular formula is C46H64N4O2+2. The van der Waals surface area contributed by atoms with Crippen molar-refractivity contribution >= 4 is 29.4 Å². The van der Waals surface area contributed by atoms with E-state index < -0.39 is 0 Å². The predicted octanol–water partition coefficient (Wildman–Crippen LogP) is 8.52. The van der Waals surface area contributed by atoms with E-state index >= 15 is 0 Å². The van der Waals surface area contributed by atoms with Crippen LogP contribution in [0, 0.1) is 0 Å². The summed E-state index contributed by atoms with van der Waals surface area (Å²) in [6.45, 7) is 9.45. The highest BCUT2D eigenvalue weighted by Crippen LogP contribution is 2.55. The number of fused-ring (bicyclic) bond motifs is 4. The molecule has 2 spiro atoms. The van der Waals surface area contributed by atoms with Gasteiger partial charge in [0.1, 0.15) is 11.7 Å². The third-order valence-corrected chi connectivity index (χ3v) is 13.7. The molecule has 2 aromatic rings. The van der Waals surface area contributed by atoms with Gasteiger partial charge in [0.05, 0.1) is 17.5 Å². The topological polar surface area (TPSA) is 48.1 Å². The van der Waals surface area contributed by atoms with Crippen LogP contribution in [0.4, 0.5) is 11.4 Å². The maximum absolute atomic E-state index is 14.7. The van der Waals surface area contributed by atoms with Crippen molar-refractivity contribution in [3.05, 3.63) is 83.7 Å². The summed E-state index contributed by atoms with van der Waals surface area (Å²) >= 11 is 0. The number of benzene rings is 2. The van der Waals surface area contributed by atoms with Crippen molar-refractivity contribution in [3.63, 3.8) is 0 Å². The van der Waals surface area contributed by atoms with Gasteiger partial charge in [-0.05, 0) is 90.0 Å². The van der Waals surface area contributed by atoms with Crippen molar-refractivity contribution in [1.29, 1.82) is 0 Å². The zero-order chi connectivity index (χ0) is 36.7. The first-order valence-corrected chi connectivity index (χ1v) is 20.5. The van der Waals surface area contributed by atoms with Crippen LogP contribution in [0.5, 0.6) is 0 Å². The molecule has 278 valence electrons. The Kier molecular flexibility index (Phi) is 10.2. The molecule has 2 atom stereocenters. The van der Waals surface area contributed by atoms with Crippen LogP contribution in [0.3, 0.4) is 0 Å². The molecule has 2 saturated carbocycles. The molecule has 3 fully saturated rings. The van der Waals surface area contributed by atoms with E-state index in [1.165, 1.54) is 56.1 Å². The maximum atomic E-state index is 14.7. The van der Waals surface area contributed by atoms with E-state index in [0.29, 0.717) is 19.3 Å². The number of nitrogens with zero attached hydrogens (tertiary/aromatic N) is 3. The van der Waals surface area contributed by atoms with Crippen molar-refractivity contribution in [2.45, 2.75) is 158 Å². The molecular weight excluding hydrogens is 641 g/mol. The minimum atomic E-state index is -0.148. The Hall–Kier alpha value is -3.51. The van der Waals surface area contributed by atoms with Crippen LogP contribution in [-0.4, -0.2) is 58.7 Å². The molecule has 6 nitrogen and oxygen atoms in total. The summed E-state index contributed by atoms with van der Waals surface area (Å²) < 4.78 is 2.56. The van der Waals surface area contributed by atoms with Gasteiger partial charge in [0.15, 0.2) is 17.3 Å². The number of carbonyl (C=O) groups is 2. The second-order valence-corrected chi connectivity index (χ2v) is 18.2. The van der Waals surface area contributed by atoms with Crippen molar-refractivity contribution in [1.82, 2.24) is 4.90 Å². The molecule has 52 heavy (non-hydrogen) atoms. The van der Waals surface area contributed by atoms with Crippen molar-refractivity contribution in [3.8, 4) is 0 Å². The summed E-state index contributed by atoms with van der Waals surface area (Å²) in [6.07, 6.45) is 25.6. The number of allylic oxidation sites excluding steroid dienone is 2. The lowest BCUT2D eigenvalue weighted by molar-refractivity contribution is -0.770. The highest BCUT2D eigenvalue weighted by molar-refractivity contribution is 6.01. The lowest BCUT2D eigenvalue weighted by Gasteiger charge is -2.39. The van der Waals surface area contributed by atoms with E-state index in [2.05, 4.69) is 129 Å². The molecule has 1 N–H and O–H groups in total. The van der Waals surface area contributed by atoms with Gasteiger partial charge in [-0.2, -0.15) is 0 Å². The Morgan fingerprint density at radius 3 is 2.08 bits per heavy atom. The second kappa shape index (κ2) is 14.4. The fourth-order valence-corrected chi connectivity index (χ4v) is 11.3. The lowest BCUT2D eigenvalue weighted by Crippen LogP contribution is -3.13. The minimum Gasteiger partial charge on any atom is -0.384 e. The van der Waals surface area contributed by atoms with Crippen molar-refractivity contribution < 1.29 is 19.1 Å². The van der Waals surface area contributed by atoms with Crippen LogP contribution in [0.2, 0.25) is 0 Å². The third kappa shape index (κ3) is 6.41. The first kappa shape index (κ1) is 36.8. The number of piperidine rings is 1. The largest absolute Gasteiger partial charge is 0.384 e. The second-order valence-electron chi connectivity index (χ2n) is 18.2. The normalized spacial score (nSPS) is 26.2. The number of rotatable bonds is 7. The Bertz CT molecular complexity index is 1730. The van der Waals surface area contributed by atoms with E-state index in [0.717, 1.165) is 60.5 Å². The van der Waals surface area contributed by atoms with Crippen LogP contribution >= 0.6 is 0 Å². The number of carbonyl (C=O) groups excluding carboxylic acids is 2. The van der Waals surface area contributed by atoms with Crippen molar-refractivity contribution in [2.75, 3.05) is 19.0 Å². The van der Waals surface area contributed by atoms with E-state index in [4.69, 9.17) is 0 Å². The molecule has 2 aliphatic carbocycles. The van der Waals surface area contributed by atoms with Gasteiger partial charge in [-0.15, -0.1) is 0 Å². The minimum absolute atomic E-state index is 0.0105. The fraction of sp³-hybridized carbons (Fsp3) is 0.587. The Morgan fingerprint density at radius 1 is 0.788 bits per heavy atom. The van der Waals surface area contributed by atoms with Gasteiger partial charge in [0.2, 0.25) is 5.91 Å². The first-order valence-electron chi connectivity index (χ1n) is 20.5. The smallest absolute Gasteiger partial charge is 0.317 e. The quantitative estimate of drug-likeness (QED) is 0.294. The molecule has 3 heterocycles. The SMILES string of the molecule is CN(C)/C=C/C1[NH+](C(=O)CCCC(=O)N2/C(=C/C=[N+]3C(C)(C)CCCC3(C)C)C3(CCCCC3)c3ccccc32)c2ccccc2C12CCCCC2. The van der Waals surface area contributed by atoms with Gasteiger partial charge in [0.25, 0.3) is 0 Å². The summed E-state index contributed by atoms with van der Waals surface area (Å²) in [6, 6.07) is 17.4. The molecule has 2 unspecified atom stereocenters. The number of nitrogens with one attached hydrogen (secondary N) is 1. The van der Waals surface area contributed by atoms with Gasteiger partial charge in [-0.25, -0.2) is 14.3 Å². The number of anilines is 1. The first-order chi connectivity index (χ1) is 24.9. The van der Waals surface area contributed by atoms with Gasteiger partial charge in [-0.3, -0.25) is 9.69 Å². The van der Waals surface area contributed by atoms with E-state index in [-0.39, 0.29) is 39.8 Å². The number of hydrogen-bond donors (Lipinski definition) is 1. The monoisotopic (exact) mass is 705 g/mol. The lowest BCUT2D eigenvalue weighted by atomic mass is 9.66. The molecule has 0 radical (unpaired) electrons. The van der Waals surface area contributed by atoms with Crippen LogP contribution in [0.15, 0.2) is 72.6 Å². The highest BCUT2D eigenvalue weighted by atomic mass is 16.2. The average molecular weight is 705 g/mol. The van der Waals surface area contributed by atoms with Crippen molar-refractivity contribution in [2.24, 2.45) is 0 Å². The fourth-order valence-electron chi connectivity index (χ4n) is 11.3. The molecule has 7 rings (SSSR count). The molecule has 0 bridgehead atoms.